The Morgan fingerprint density at radius 2 is 1.62 bits per heavy atom. The standard InChI is InChI=1S/C12H2ClF6N5/c13-6-7(14)5(12(17,18)19)8(15)9(16)10(6)24-11(22)3(1-20)4(2-21)23-24/h22H2. The summed E-state index contributed by atoms with van der Waals surface area (Å²) in [5.74, 6) is -7.78. The highest BCUT2D eigenvalue weighted by Gasteiger charge is 2.42. The maximum absolute atomic E-state index is 14.0. The van der Waals surface area contributed by atoms with Gasteiger partial charge in [-0.3, -0.25) is 0 Å². The van der Waals surface area contributed by atoms with E-state index in [9.17, 15) is 26.3 Å². The predicted molar refractivity (Wildman–Crippen MR) is 67.3 cm³/mol. The summed E-state index contributed by atoms with van der Waals surface area (Å²) in [6.07, 6.45) is -5.55. The highest BCUT2D eigenvalue weighted by molar-refractivity contribution is 6.32. The number of nitriles is 2. The third-order valence-corrected chi connectivity index (χ3v) is 3.22. The number of nitrogen functional groups attached to an aromatic ring is 1. The van der Waals surface area contributed by atoms with Crippen LogP contribution in [0, 0.1) is 40.1 Å². The van der Waals surface area contributed by atoms with Crippen molar-refractivity contribution in [3.63, 3.8) is 0 Å². The van der Waals surface area contributed by atoms with Gasteiger partial charge in [0.1, 0.15) is 39.8 Å². The maximum atomic E-state index is 14.0. The van der Waals surface area contributed by atoms with Gasteiger partial charge in [-0.15, -0.1) is 0 Å². The Balaban J connectivity index is 2.93. The van der Waals surface area contributed by atoms with Crippen LogP contribution in [0.1, 0.15) is 16.8 Å². The van der Waals surface area contributed by atoms with Crippen molar-refractivity contribution in [3.8, 4) is 17.8 Å². The molecule has 0 fully saturated rings. The minimum absolute atomic E-state index is 0.182. The lowest BCUT2D eigenvalue weighted by atomic mass is 10.1. The molecular weight excluding hydrogens is 364 g/mol. The number of nitrogens with zero attached hydrogens (tertiary/aromatic N) is 4. The fourth-order valence-corrected chi connectivity index (χ4v) is 2.10. The number of aromatic nitrogens is 2. The second-order valence-electron chi connectivity index (χ2n) is 4.22. The monoisotopic (exact) mass is 365 g/mol. The molecule has 2 aromatic rings. The van der Waals surface area contributed by atoms with Crippen LogP contribution in [-0.2, 0) is 6.18 Å². The molecule has 2 N–H and O–H groups in total. The van der Waals surface area contributed by atoms with E-state index in [0.29, 0.717) is 0 Å². The molecule has 0 unspecified atom stereocenters. The Morgan fingerprint density at radius 1 is 1.04 bits per heavy atom. The first kappa shape index (κ1) is 17.4. The van der Waals surface area contributed by atoms with Gasteiger partial charge in [0.05, 0.1) is 0 Å². The van der Waals surface area contributed by atoms with Crippen molar-refractivity contribution in [1.29, 1.82) is 10.5 Å². The summed E-state index contributed by atoms with van der Waals surface area (Å²) in [6.45, 7) is 0. The van der Waals surface area contributed by atoms with Gasteiger partial charge in [0, 0.05) is 0 Å². The van der Waals surface area contributed by atoms with Gasteiger partial charge in [0.15, 0.2) is 23.1 Å². The summed E-state index contributed by atoms with van der Waals surface area (Å²) in [5, 5.41) is 19.5. The normalized spacial score (nSPS) is 11.2. The summed E-state index contributed by atoms with van der Waals surface area (Å²) in [6, 6.07) is 2.86. The Hall–Kier alpha value is -2.92. The van der Waals surface area contributed by atoms with E-state index < -0.39 is 57.0 Å². The van der Waals surface area contributed by atoms with Gasteiger partial charge in [-0.25, -0.2) is 17.9 Å². The van der Waals surface area contributed by atoms with Crippen LogP contribution < -0.4 is 5.73 Å². The molecule has 0 spiro atoms. The second-order valence-corrected chi connectivity index (χ2v) is 4.60. The van der Waals surface area contributed by atoms with E-state index in [-0.39, 0.29) is 4.68 Å². The lowest BCUT2D eigenvalue weighted by molar-refractivity contribution is -0.142. The highest BCUT2D eigenvalue weighted by atomic mass is 35.5. The summed E-state index contributed by atoms with van der Waals surface area (Å²) in [5.41, 5.74) is 0.400. The molecule has 0 bridgehead atoms. The zero-order valence-electron chi connectivity index (χ0n) is 11.0. The molecule has 0 saturated heterocycles. The van der Waals surface area contributed by atoms with Crippen molar-refractivity contribution in [2.75, 3.05) is 5.73 Å². The quantitative estimate of drug-likeness (QED) is 0.620. The Bertz CT molecular complexity index is 905. The molecule has 24 heavy (non-hydrogen) atoms. The third-order valence-electron chi connectivity index (χ3n) is 2.87. The number of hydrogen-bond acceptors (Lipinski definition) is 4. The number of benzene rings is 1. The molecule has 1 aromatic carbocycles. The number of alkyl halides is 3. The van der Waals surface area contributed by atoms with E-state index >= 15 is 0 Å². The summed E-state index contributed by atoms with van der Waals surface area (Å²) < 4.78 is 79.6. The summed E-state index contributed by atoms with van der Waals surface area (Å²) in [4.78, 5) is 0. The lowest BCUT2D eigenvalue weighted by Gasteiger charge is -2.15. The first-order chi connectivity index (χ1) is 11.1. The highest BCUT2D eigenvalue weighted by Crippen LogP contribution is 2.41. The van der Waals surface area contributed by atoms with Gasteiger partial charge in [-0.1, -0.05) is 11.6 Å². The van der Waals surface area contributed by atoms with Crippen LogP contribution in [0.4, 0.5) is 32.2 Å². The average Bonchev–Trinajstić information content (AvgIpc) is 2.80. The van der Waals surface area contributed by atoms with Gasteiger partial charge >= 0.3 is 6.18 Å². The lowest BCUT2D eigenvalue weighted by Crippen LogP contribution is -2.17. The van der Waals surface area contributed by atoms with Crippen LogP contribution in [0.25, 0.3) is 5.69 Å². The van der Waals surface area contributed by atoms with E-state index in [1.165, 1.54) is 12.1 Å². The van der Waals surface area contributed by atoms with E-state index in [1.54, 1.807) is 0 Å². The molecule has 124 valence electrons. The molecule has 0 saturated carbocycles. The molecule has 0 aliphatic rings. The van der Waals surface area contributed by atoms with Crippen LogP contribution in [0.3, 0.4) is 0 Å². The summed E-state index contributed by atoms with van der Waals surface area (Å²) in [7, 11) is 0. The van der Waals surface area contributed by atoms with E-state index in [4.69, 9.17) is 27.9 Å². The van der Waals surface area contributed by atoms with Crippen molar-refractivity contribution in [1.82, 2.24) is 9.78 Å². The number of nitrogens with two attached hydrogens (primary N) is 1. The molecule has 0 atom stereocenters. The van der Waals surface area contributed by atoms with Crippen molar-refractivity contribution in [2.45, 2.75) is 6.18 Å². The minimum Gasteiger partial charge on any atom is -0.382 e. The molecule has 0 amide bonds. The maximum Gasteiger partial charge on any atom is 0.422 e. The zero-order chi connectivity index (χ0) is 18.4. The predicted octanol–water partition coefficient (Wildman–Crippen LogP) is 3.29. The number of rotatable bonds is 1. The largest absolute Gasteiger partial charge is 0.422 e. The summed E-state index contributed by atoms with van der Waals surface area (Å²) >= 11 is 5.37. The van der Waals surface area contributed by atoms with Gasteiger partial charge in [0.2, 0.25) is 0 Å². The van der Waals surface area contributed by atoms with Gasteiger partial charge in [-0.05, 0) is 0 Å². The van der Waals surface area contributed by atoms with Crippen LogP contribution in [0.15, 0.2) is 0 Å². The van der Waals surface area contributed by atoms with Crippen molar-refractivity contribution < 1.29 is 26.3 Å². The second kappa shape index (κ2) is 5.62. The Labute approximate surface area is 134 Å². The van der Waals surface area contributed by atoms with Crippen molar-refractivity contribution >= 4 is 17.4 Å². The van der Waals surface area contributed by atoms with E-state index in [1.807, 2.05) is 0 Å². The number of hydrogen-bond donors (Lipinski definition) is 1. The van der Waals surface area contributed by atoms with E-state index in [0.717, 1.165) is 0 Å². The molecular formula is C12H2ClF6N5. The van der Waals surface area contributed by atoms with Crippen molar-refractivity contribution in [3.05, 3.63) is 39.3 Å². The number of halogens is 7. The fraction of sp³-hybridized carbons (Fsp3) is 0.0833. The van der Waals surface area contributed by atoms with Crippen molar-refractivity contribution in [2.24, 2.45) is 0 Å². The molecule has 0 radical (unpaired) electrons. The molecule has 1 aromatic heterocycles. The topological polar surface area (TPSA) is 91.4 Å². The Kier molecular flexibility index (Phi) is 4.08. The zero-order valence-corrected chi connectivity index (χ0v) is 11.8. The first-order valence-electron chi connectivity index (χ1n) is 5.68. The van der Waals surface area contributed by atoms with Crippen LogP contribution in [0.2, 0.25) is 5.02 Å². The van der Waals surface area contributed by atoms with Gasteiger partial charge in [-0.2, -0.15) is 28.8 Å². The third kappa shape index (κ3) is 2.39. The molecule has 1 heterocycles. The molecule has 12 heteroatoms. The van der Waals surface area contributed by atoms with E-state index in [2.05, 4.69) is 5.10 Å². The SMILES string of the molecule is N#Cc1nn(-c2c(F)c(F)c(C(F)(F)F)c(F)c2Cl)c(N)c1C#N. The fourth-order valence-electron chi connectivity index (χ4n) is 1.84. The molecule has 5 nitrogen and oxygen atoms in total. The van der Waals surface area contributed by atoms with Gasteiger partial charge < -0.3 is 5.73 Å². The van der Waals surface area contributed by atoms with Gasteiger partial charge in [0.25, 0.3) is 0 Å². The smallest absolute Gasteiger partial charge is 0.382 e. The van der Waals surface area contributed by atoms with Crippen LogP contribution in [-0.4, -0.2) is 9.78 Å². The van der Waals surface area contributed by atoms with Crippen LogP contribution >= 0.6 is 11.6 Å². The molecule has 0 aliphatic heterocycles. The average molecular weight is 366 g/mol. The molecule has 0 aliphatic carbocycles. The number of anilines is 1. The molecule has 2 rings (SSSR count). The van der Waals surface area contributed by atoms with Crippen LogP contribution in [0.5, 0.6) is 0 Å². The first-order valence-corrected chi connectivity index (χ1v) is 6.06. The Morgan fingerprint density at radius 3 is 2.04 bits per heavy atom. The minimum atomic E-state index is -5.55.